The van der Waals surface area contributed by atoms with Crippen molar-refractivity contribution >= 4 is 32.4 Å². The first-order valence-electron chi connectivity index (χ1n) is 6.65. The third-order valence-electron chi connectivity index (χ3n) is 3.23. The minimum Gasteiger partial charge on any atom is -0.387 e. The van der Waals surface area contributed by atoms with Crippen LogP contribution in [0.2, 0.25) is 0 Å². The van der Waals surface area contributed by atoms with Crippen molar-refractivity contribution in [1.82, 2.24) is 4.98 Å². The number of nitro groups is 1. The predicted molar refractivity (Wildman–Crippen MR) is 86.2 cm³/mol. The number of aliphatic hydroxyl groups is 1. The summed E-state index contributed by atoms with van der Waals surface area (Å²) in [6.07, 6.45) is -0.757. The smallest absolute Gasteiger partial charge is 0.269 e. The zero-order chi connectivity index (χ0) is 15.5. The number of benzene rings is 2. The fourth-order valence-electron chi connectivity index (χ4n) is 2.07. The number of non-ortho nitro benzene ring substituents is 1. The van der Waals surface area contributed by atoms with E-state index in [2.05, 4.69) is 10.3 Å². The van der Waals surface area contributed by atoms with Crippen LogP contribution in [0.5, 0.6) is 0 Å². The van der Waals surface area contributed by atoms with Gasteiger partial charge in [0.1, 0.15) is 0 Å². The largest absolute Gasteiger partial charge is 0.387 e. The lowest BCUT2D eigenvalue weighted by Crippen LogP contribution is -2.11. The zero-order valence-electron chi connectivity index (χ0n) is 11.5. The zero-order valence-corrected chi connectivity index (χ0v) is 12.3. The maximum atomic E-state index is 10.6. The van der Waals surface area contributed by atoms with Crippen LogP contribution in [-0.4, -0.2) is 21.6 Å². The molecule has 0 aliphatic heterocycles. The minimum atomic E-state index is -0.757. The second kappa shape index (κ2) is 6.08. The molecule has 7 heteroatoms. The number of fused-ring (bicyclic) bond motifs is 1. The quantitative estimate of drug-likeness (QED) is 0.557. The van der Waals surface area contributed by atoms with Gasteiger partial charge in [-0.1, -0.05) is 23.5 Å². The first-order valence-corrected chi connectivity index (χ1v) is 7.47. The van der Waals surface area contributed by atoms with E-state index in [1.54, 1.807) is 12.1 Å². The fourth-order valence-corrected chi connectivity index (χ4v) is 2.94. The summed E-state index contributed by atoms with van der Waals surface area (Å²) < 4.78 is 1.08. The van der Waals surface area contributed by atoms with Crippen LogP contribution in [0.25, 0.3) is 10.2 Å². The number of anilines is 1. The predicted octanol–water partition coefficient (Wildman–Crippen LogP) is 3.35. The maximum Gasteiger partial charge on any atom is 0.269 e. The van der Waals surface area contributed by atoms with Gasteiger partial charge in [-0.25, -0.2) is 4.98 Å². The fraction of sp³-hybridized carbons (Fsp3) is 0.133. The summed E-state index contributed by atoms with van der Waals surface area (Å²) in [4.78, 5) is 14.6. The molecule has 3 aromatic rings. The third kappa shape index (κ3) is 3.05. The average molecular weight is 315 g/mol. The molecule has 0 saturated heterocycles. The molecule has 6 nitrogen and oxygen atoms in total. The van der Waals surface area contributed by atoms with Crippen LogP contribution in [0, 0.1) is 10.1 Å². The molecule has 0 radical (unpaired) electrons. The van der Waals surface area contributed by atoms with Gasteiger partial charge in [-0.3, -0.25) is 10.1 Å². The highest BCUT2D eigenvalue weighted by Crippen LogP contribution is 2.26. The van der Waals surface area contributed by atoms with E-state index in [0.29, 0.717) is 5.56 Å². The van der Waals surface area contributed by atoms with Gasteiger partial charge < -0.3 is 10.4 Å². The number of nitrogens with zero attached hydrogens (tertiary/aromatic N) is 2. The number of rotatable bonds is 5. The van der Waals surface area contributed by atoms with Crippen molar-refractivity contribution < 1.29 is 10.0 Å². The molecule has 0 bridgehead atoms. The van der Waals surface area contributed by atoms with Crippen molar-refractivity contribution in [2.24, 2.45) is 0 Å². The molecular formula is C15H13N3O3S. The number of aliphatic hydroxyl groups excluding tert-OH is 1. The average Bonchev–Trinajstić information content (AvgIpc) is 2.95. The number of aromatic nitrogens is 1. The normalized spacial score (nSPS) is 12.2. The maximum absolute atomic E-state index is 10.6. The molecule has 2 aromatic carbocycles. The Morgan fingerprint density at radius 1 is 1.23 bits per heavy atom. The van der Waals surface area contributed by atoms with Crippen LogP contribution in [-0.2, 0) is 0 Å². The van der Waals surface area contributed by atoms with E-state index in [0.717, 1.165) is 15.3 Å². The molecule has 0 aliphatic rings. The molecule has 0 unspecified atom stereocenters. The minimum absolute atomic E-state index is 0.00934. The van der Waals surface area contributed by atoms with Crippen molar-refractivity contribution in [3.05, 3.63) is 64.2 Å². The Balaban J connectivity index is 1.66. The molecule has 0 fully saturated rings. The van der Waals surface area contributed by atoms with E-state index in [-0.39, 0.29) is 12.2 Å². The Hall–Kier alpha value is -2.51. The molecule has 2 N–H and O–H groups in total. The molecule has 22 heavy (non-hydrogen) atoms. The molecule has 1 atom stereocenters. The molecule has 0 saturated carbocycles. The van der Waals surface area contributed by atoms with E-state index in [1.165, 1.54) is 23.5 Å². The van der Waals surface area contributed by atoms with E-state index in [9.17, 15) is 15.2 Å². The van der Waals surface area contributed by atoms with E-state index in [1.807, 2.05) is 24.3 Å². The molecule has 0 spiro atoms. The van der Waals surface area contributed by atoms with Gasteiger partial charge in [-0.15, -0.1) is 0 Å². The first kappa shape index (κ1) is 14.4. The molecule has 1 aromatic heterocycles. The van der Waals surface area contributed by atoms with E-state index in [4.69, 9.17) is 0 Å². The summed E-state index contributed by atoms with van der Waals surface area (Å²) in [7, 11) is 0. The van der Waals surface area contributed by atoms with Crippen molar-refractivity contribution in [2.75, 3.05) is 11.9 Å². The SMILES string of the molecule is O=[N+]([O-])c1ccc([C@@H](O)CNc2nc3ccccc3s2)cc1. The summed E-state index contributed by atoms with van der Waals surface area (Å²) in [6.45, 7) is 0.289. The Morgan fingerprint density at radius 3 is 2.64 bits per heavy atom. The standard InChI is InChI=1S/C15H13N3O3S/c19-13(10-5-7-11(8-6-10)18(20)21)9-16-15-17-12-3-1-2-4-14(12)22-15/h1-8,13,19H,9H2,(H,16,17)/t13-/m0/s1. The molecule has 0 aliphatic carbocycles. The van der Waals surface area contributed by atoms with Crippen LogP contribution >= 0.6 is 11.3 Å². The number of thiazole rings is 1. The Kier molecular flexibility index (Phi) is 3.99. The summed E-state index contributed by atoms with van der Waals surface area (Å²) in [5, 5.41) is 24.6. The monoisotopic (exact) mass is 315 g/mol. The lowest BCUT2D eigenvalue weighted by Gasteiger charge is -2.11. The van der Waals surface area contributed by atoms with Crippen LogP contribution in [0.3, 0.4) is 0 Å². The van der Waals surface area contributed by atoms with Crippen molar-refractivity contribution in [1.29, 1.82) is 0 Å². The lowest BCUT2D eigenvalue weighted by atomic mass is 10.1. The van der Waals surface area contributed by atoms with Crippen LogP contribution in [0.15, 0.2) is 48.5 Å². The van der Waals surface area contributed by atoms with E-state index >= 15 is 0 Å². The first-order chi connectivity index (χ1) is 10.6. The topological polar surface area (TPSA) is 88.3 Å². The Labute approximate surface area is 130 Å². The van der Waals surface area contributed by atoms with E-state index < -0.39 is 11.0 Å². The summed E-state index contributed by atoms with van der Waals surface area (Å²) in [6, 6.07) is 13.7. The summed E-state index contributed by atoms with van der Waals surface area (Å²) in [5.41, 5.74) is 1.55. The highest BCUT2D eigenvalue weighted by Gasteiger charge is 2.11. The number of nitro benzene ring substituents is 1. The van der Waals surface area contributed by atoms with Crippen molar-refractivity contribution in [3.8, 4) is 0 Å². The van der Waals surface area contributed by atoms with Gasteiger partial charge in [-0.05, 0) is 29.8 Å². The van der Waals surface area contributed by atoms with Crippen LogP contribution in [0.4, 0.5) is 10.8 Å². The Morgan fingerprint density at radius 2 is 1.95 bits per heavy atom. The Bertz CT molecular complexity index is 768. The second-order valence-electron chi connectivity index (χ2n) is 4.73. The van der Waals surface area contributed by atoms with Crippen molar-refractivity contribution in [3.63, 3.8) is 0 Å². The summed E-state index contributed by atoms with van der Waals surface area (Å²) in [5.74, 6) is 0. The lowest BCUT2D eigenvalue weighted by molar-refractivity contribution is -0.384. The van der Waals surface area contributed by atoms with Gasteiger partial charge in [0.05, 0.1) is 21.2 Å². The van der Waals surface area contributed by atoms with Gasteiger partial charge in [0.15, 0.2) is 5.13 Å². The molecule has 112 valence electrons. The molecule has 0 amide bonds. The van der Waals surface area contributed by atoms with Gasteiger partial charge >= 0.3 is 0 Å². The molecule has 1 heterocycles. The van der Waals surface area contributed by atoms with Gasteiger partial charge in [-0.2, -0.15) is 0 Å². The number of hydrogen-bond acceptors (Lipinski definition) is 6. The number of nitrogens with one attached hydrogen (secondary N) is 1. The second-order valence-corrected chi connectivity index (χ2v) is 5.76. The third-order valence-corrected chi connectivity index (χ3v) is 4.22. The van der Waals surface area contributed by atoms with Gasteiger partial charge in [0.25, 0.3) is 5.69 Å². The highest BCUT2D eigenvalue weighted by molar-refractivity contribution is 7.22. The highest BCUT2D eigenvalue weighted by atomic mass is 32.1. The van der Waals surface area contributed by atoms with Crippen LogP contribution in [0.1, 0.15) is 11.7 Å². The molecular weight excluding hydrogens is 302 g/mol. The van der Waals surface area contributed by atoms with Gasteiger partial charge in [0, 0.05) is 18.7 Å². The van der Waals surface area contributed by atoms with Gasteiger partial charge in [0.2, 0.25) is 0 Å². The molecule has 3 rings (SSSR count). The van der Waals surface area contributed by atoms with Crippen LogP contribution < -0.4 is 5.32 Å². The van der Waals surface area contributed by atoms with Crippen molar-refractivity contribution in [2.45, 2.75) is 6.10 Å². The number of para-hydroxylation sites is 1. The number of hydrogen-bond donors (Lipinski definition) is 2. The summed E-state index contributed by atoms with van der Waals surface area (Å²) >= 11 is 1.52.